The molecule has 0 bridgehead atoms. The largest absolute Gasteiger partial charge is 0.497 e. The fourth-order valence-electron chi connectivity index (χ4n) is 4.87. The monoisotopic (exact) mass is 443 g/mol. The maximum Gasteiger partial charge on any atom is 0.153 e. The molecule has 2 heterocycles. The summed E-state index contributed by atoms with van der Waals surface area (Å²) in [7, 11) is 3.43. The van der Waals surface area contributed by atoms with Crippen molar-refractivity contribution < 1.29 is 19.5 Å². The van der Waals surface area contributed by atoms with Crippen molar-refractivity contribution in [2.24, 2.45) is 0 Å². The van der Waals surface area contributed by atoms with E-state index in [9.17, 15) is 0 Å². The molecule has 5 nitrogen and oxygen atoms in total. The highest BCUT2D eigenvalue weighted by Crippen LogP contribution is 2.34. The van der Waals surface area contributed by atoms with Crippen molar-refractivity contribution in [2.75, 3.05) is 20.8 Å². The number of methoxy groups -OCH3 is 2. The van der Waals surface area contributed by atoms with E-state index in [-0.39, 0.29) is 6.04 Å². The maximum atomic E-state index is 6.22. The van der Waals surface area contributed by atoms with E-state index in [1.807, 2.05) is 18.2 Å². The van der Waals surface area contributed by atoms with Gasteiger partial charge in [-0.3, -0.25) is 0 Å². The van der Waals surface area contributed by atoms with Crippen molar-refractivity contribution in [1.29, 1.82) is 0 Å². The second-order valence-electron chi connectivity index (χ2n) is 8.74. The van der Waals surface area contributed by atoms with Crippen LogP contribution in [0.5, 0.6) is 17.2 Å². The minimum absolute atomic E-state index is 0.206. The number of aryl methyl sites for hydroxylation is 1. The van der Waals surface area contributed by atoms with Gasteiger partial charge in [-0.1, -0.05) is 12.1 Å². The van der Waals surface area contributed by atoms with E-state index in [4.69, 9.17) is 14.2 Å². The summed E-state index contributed by atoms with van der Waals surface area (Å²) in [5.74, 6) is 2.66. The minimum atomic E-state index is 0.206. The molecule has 0 saturated heterocycles. The Balaban J connectivity index is 1.49. The van der Waals surface area contributed by atoms with Gasteiger partial charge >= 0.3 is 0 Å². The lowest BCUT2D eigenvalue weighted by molar-refractivity contribution is -0.690. The number of fused-ring (bicyclic) bond motifs is 3. The smallest absolute Gasteiger partial charge is 0.153 e. The Kier molecular flexibility index (Phi) is 5.73. The molecule has 0 saturated carbocycles. The van der Waals surface area contributed by atoms with Gasteiger partial charge in [-0.05, 0) is 73.0 Å². The van der Waals surface area contributed by atoms with E-state index >= 15 is 0 Å². The zero-order valence-corrected chi connectivity index (χ0v) is 19.7. The molecular formula is C28H31N2O3+. The first kappa shape index (κ1) is 21.4. The Morgan fingerprint density at radius 2 is 1.85 bits per heavy atom. The predicted molar refractivity (Wildman–Crippen MR) is 130 cm³/mol. The van der Waals surface area contributed by atoms with Crippen LogP contribution in [-0.4, -0.2) is 25.7 Å². The van der Waals surface area contributed by atoms with Crippen molar-refractivity contribution >= 4 is 10.9 Å². The summed E-state index contributed by atoms with van der Waals surface area (Å²) >= 11 is 0. The zero-order valence-electron chi connectivity index (χ0n) is 19.7. The summed E-state index contributed by atoms with van der Waals surface area (Å²) in [4.78, 5) is 3.69. The van der Waals surface area contributed by atoms with Gasteiger partial charge in [0.2, 0.25) is 0 Å². The normalized spacial score (nSPS) is 15.3. The van der Waals surface area contributed by atoms with E-state index in [1.165, 1.54) is 33.3 Å². The van der Waals surface area contributed by atoms with Crippen LogP contribution < -0.4 is 19.5 Å². The fourth-order valence-corrected chi connectivity index (χ4v) is 4.87. The van der Waals surface area contributed by atoms with Gasteiger partial charge in [0.1, 0.15) is 23.9 Å². The molecule has 0 radical (unpaired) electrons. The second-order valence-corrected chi connectivity index (χ2v) is 8.74. The molecule has 0 unspecified atom stereocenters. The summed E-state index contributed by atoms with van der Waals surface area (Å²) in [5, 5.41) is 3.67. The molecule has 4 aromatic rings. The third-order valence-electron chi connectivity index (χ3n) is 6.86. The van der Waals surface area contributed by atoms with Gasteiger partial charge < -0.3 is 24.5 Å². The van der Waals surface area contributed by atoms with Crippen LogP contribution in [-0.2, 0) is 13.0 Å². The summed E-state index contributed by atoms with van der Waals surface area (Å²) in [6, 6.07) is 19.1. The third kappa shape index (κ3) is 3.93. The third-order valence-corrected chi connectivity index (χ3v) is 6.86. The first-order valence-corrected chi connectivity index (χ1v) is 11.5. The summed E-state index contributed by atoms with van der Waals surface area (Å²) in [6.07, 6.45) is 1.04. The Morgan fingerprint density at radius 1 is 0.970 bits per heavy atom. The highest BCUT2D eigenvalue weighted by atomic mass is 16.5. The van der Waals surface area contributed by atoms with Crippen molar-refractivity contribution in [2.45, 2.75) is 32.9 Å². The molecule has 0 aliphatic carbocycles. The number of aromatic amines is 1. The van der Waals surface area contributed by atoms with Crippen molar-refractivity contribution in [3.05, 3.63) is 88.1 Å². The van der Waals surface area contributed by atoms with E-state index < -0.39 is 0 Å². The number of quaternary nitrogens is 1. The lowest BCUT2D eigenvalue weighted by atomic mass is 9.93. The maximum absolute atomic E-state index is 6.22. The lowest BCUT2D eigenvalue weighted by Gasteiger charge is -2.23. The van der Waals surface area contributed by atoms with Crippen LogP contribution in [0.1, 0.15) is 39.6 Å². The van der Waals surface area contributed by atoms with Crippen LogP contribution >= 0.6 is 0 Å². The topological polar surface area (TPSA) is 60.1 Å². The quantitative estimate of drug-likeness (QED) is 0.458. The van der Waals surface area contributed by atoms with E-state index in [2.05, 4.69) is 60.5 Å². The van der Waals surface area contributed by atoms with Crippen LogP contribution in [0.2, 0.25) is 0 Å². The van der Waals surface area contributed by atoms with Crippen LogP contribution in [0.15, 0.2) is 54.6 Å². The summed E-state index contributed by atoms with van der Waals surface area (Å²) in [6.45, 7) is 5.71. The van der Waals surface area contributed by atoms with Gasteiger partial charge in [0.25, 0.3) is 0 Å². The second kappa shape index (κ2) is 8.83. The van der Waals surface area contributed by atoms with E-state index in [0.29, 0.717) is 6.61 Å². The molecule has 3 aromatic carbocycles. The molecule has 0 fully saturated rings. The SMILES string of the molecule is COc1ccc2[nH]c3c(c2c1)CC[NH2+][C@H]3c1ccc(OC)c(COc2cccc(C)c2C)c1. The van der Waals surface area contributed by atoms with Crippen molar-refractivity contribution in [3.8, 4) is 17.2 Å². The number of rotatable bonds is 6. The zero-order chi connectivity index (χ0) is 22.9. The average molecular weight is 444 g/mol. The van der Waals surface area contributed by atoms with Gasteiger partial charge in [0.15, 0.2) is 6.04 Å². The summed E-state index contributed by atoms with van der Waals surface area (Å²) < 4.78 is 17.3. The highest BCUT2D eigenvalue weighted by Gasteiger charge is 2.29. The molecule has 1 aromatic heterocycles. The standard InChI is InChI=1S/C28H30N2O3/c1-17-6-5-7-25(18(17)2)33-16-20-14-19(8-11-26(20)32-4)27-28-22(12-13-29-27)23-15-21(31-3)9-10-24(23)30-28/h5-11,14-15,27,29-30H,12-13,16H2,1-4H3/p+1/t27-/m0/s1. The van der Waals surface area contributed by atoms with Crippen LogP contribution in [0.25, 0.3) is 10.9 Å². The Bertz CT molecular complexity index is 1310. The summed E-state index contributed by atoms with van der Waals surface area (Å²) in [5.41, 5.74) is 8.52. The highest BCUT2D eigenvalue weighted by molar-refractivity contribution is 5.86. The molecule has 0 spiro atoms. The number of aromatic nitrogens is 1. The van der Waals surface area contributed by atoms with Gasteiger partial charge in [-0.2, -0.15) is 0 Å². The molecule has 5 rings (SSSR count). The minimum Gasteiger partial charge on any atom is -0.497 e. The van der Waals surface area contributed by atoms with Crippen molar-refractivity contribution in [3.63, 3.8) is 0 Å². The number of benzene rings is 3. The first-order chi connectivity index (χ1) is 16.1. The average Bonchev–Trinajstić information content (AvgIpc) is 3.22. The molecule has 0 amide bonds. The van der Waals surface area contributed by atoms with E-state index in [1.54, 1.807) is 14.2 Å². The molecule has 3 N–H and O–H groups in total. The van der Waals surface area contributed by atoms with Crippen LogP contribution in [0.3, 0.4) is 0 Å². The molecule has 33 heavy (non-hydrogen) atoms. The Hall–Kier alpha value is -3.44. The number of nitrogens with two attached hydrogens (primary N) is 1. The number of hydrogen-bond acceptors (Lipinski definition) is 3. The number of nitrogens with one attached hydrogen (secondary N) is 1. The number of hydrogen-bond donors (Lipinski definition) is 2. The first-order valence-electron chi connectivity index (χ1n) is 11.5. The molecule has 1 atom stereocenters. The van der Waals surface area contributed by atoms with Crippen LogP contribution in [0.4, 0.5) is 0 Å². The lowest BCUT2D eigenvalue weighted by Crippen LogP contribution is -2.87. The predicted octanol–water partition coefficient (Wildman–Crippen LogP) is 4.59. The van der Waals surface area contributed by atoms with Crippen molar-refractivity contribution in [1.82, 2.24) is 4.98 Å². The van der Waals surface area contributed by atoms with Gasteiger partial charge in [0.05, 0.1) is 26.5 Å². The number of ether oxygens (including phenoxy) is 3. The molecular weight excluding hydrogens is 412 g/mol. The van der Waals surface area contributed by atoms with Gasteiger partial charge in [0, 0.05) is 28.5 Å². The van der Waals surface area contributed by atoms with Gasteiger partial charge in [-0.15, -0.1) is 0 Å². The number of H-pyrrole nitrogens is 1. The molecule has 170 valence electrons. The molecule has 1 aliphatic rings. The van der Waals surface area contributed by atoms with E-state index in [0.717, 1.165) is 41.3 Å². The fraction of sp³-hybridized carbons (Fsp3) is 0.286. The molecule has 1 aliphatic heterocycles. The Labute approximate surface area is 194 Å². The van der Waals surface area contributed by atoms with Gasteiger partial charge in [-0.25, -0.2) is 0 Å². The molecule has 5 heteroatoms. The van der Waals surface area contributed by atoms with Crippen LogP contribution in [0, 0.1) is 13.8 Å². The Morgan fingerprint density at radius 3 is 2.67 bits per heavy atom.